The van der Waals surface area contributed by atoms with Crippen molar-refractivity contribution in [2.45, 2.75) is 59.5 Å². The van der Waals surface area contributed by atoms with Crippen LogP contribution in [0.2, 0.25) is 0 Å². The summed E-state index contributed by atoms with van der Waals surface area (Å²) >= 11 is 0. The number of fused-ring (bicyclic) bond motifs is 1. The van der Waals surface area contributed by atoms with Crippen LogP contribution in [0.4, 0.5) is 5.69 Å². The molecule has 20 heavy (non-hydrogen) atoms. The van der Waals surface area contributed by atoms with Crippen LogP contribution in [0.25, 0.3) is 0 Å². The summed E-state index contributed by atoms with van der Waals surface area (Å²) in [5.41, 5.74) is 3.22. The summed E-state index contributed by atoms with van der Waals surface area (Å²) < 4.78 is 0. The maximum Gasteiger partial charge on any atom is 0.0401 e. The third kappa shape index (κ3) is 3.17. The Hall–Kier alpha value is -1.02. The molecule has 0 amide bonds. The Bertz CT molecular complexity index is 439. The first-order chi connectivity index (χ1) is 9.45. The molecule has 1 N–H and O–H groups in total. The molecule has 2 nitrogen and oxygen atoms in total. The Morgan fingerprint density at radius 2 is 2.05 bits per heavy atom. The summed E-state index contributed by atoms with van der Waals surface area (Å²) in [6.07, 6.45) is 2.49. The van der Waals surface area contributed by atoms with E-state index in [0.29, 0.717) is 12.1 Å². The van der Waals surface area contributed by atoms with Gasteiger partial charge in [-0.15, -0.1) is 0 Å². The quantitative estimate of drug-likeness (QED) is 0.877. The van der Waals surface area contributed by atoms with Gasteiger partial charge < -0.3 is 10.2 Å². The van der Waals surface area contributed by atoms with Gasteiger partial charge in [0.25, 0.3) is 0 Å². The minimum absolute atomic E-state index is 0.259. The predicted molar refractivity (Wildman–Crippen MR) is 88.5 cm³/mol. The molecule has 1 aromatic carbocycles. The van der Waals surface area contributed by atoms with Gasteiger partial charge in [0.1, 0.15) is 0 Å². The number of hydrogen-bond acceptors (Lipinski definition) is 2. The standard InChI is InChI=1S/C18H30N2/c1-6-19-15(3)18(4,5)13-20-14(2)11-12-16-9-7-8-10-17(16)20/h7-10,14-15,19H,6,11-13H2,1-5H3. The number of hydrogen-bond donors (Lipinski definition) is 1. The molecule has 0 spiro atoms. The van der Waals surface area contributed by atoms with Crippen LogP contribution in [0.15, 0.2) is 24.3 Å². The zero-order valence-electron chi connectivity index (χ0n) is 13.7. The zero-order valence-corrected chi connectivity index (χ0v) is 13.7. The average Bonchev–Trinajstić information content (AvgIpc) is 2.42. The van der Waals surface area contributed by atoms with Crippen LogP contribution in [0.3, 0.4) is 0 Å². The fraction of sp³-hybridized carbons (Fsp3) is 0.667. The predicted octanol–water partition coefficient (Wildman–Crippen LogP) is 3.85. The van der Waals surface area contributed by atoms with Crippen molar-refractivity contribution in [2.24, 2.45) is 5.41 Å². The molecule has 1 aliphatic rings. The highest BCUT2D eigenvalue weighted by Crippen LogP contribution is 2.34. The van der Waals surface area contributed by atoms with Crippen molar-refractivity contribution >= 4 is 5.69 Å². The second-order valence-corrected chi connectivity index (χ2v) is 6.91. The van der Waals surface area contributed by atoms with Crippen LogP contribution in [0.5, 0.6) is 0 Å². The van der Waals surface area contributed by atoms with Crippen LogP contribution in [-0.2, 0) is 6.42 Å². The lowest BCUT2D eigenvalue weighted by Gasteiger charge is -2.44. The lowest BCUT2D eigenvalue weighted by atomic mass is 9.83. The van der Waals surface area contributed by atoms with E-state index in [9.17, 15) is 0 Å². The topological polar surface area (TPSA) is 15.3 Å². The van der Waals surface area contributed by atoms with Crippen molar-refractivity contribution < 1.29 is 0 Å². The molecule has 2 atom stereocenters. The number of benzene rings is 1. The van der Waals surface area contributed by atoms with Gasteiger partial charge in [0.05, 0.1) is 0 Å². The van der Waals surface area contributed by atoms with E-state index in [1.54, 1.807) is 0 Å². The summed E-state index contributed by atoms with van der Waals surface area (Å²) in [6.45, 7) is 13.8. The summed E-state index contributed by atoms with van der Waals surface area (Å²) in [5, 5.41) is 3.59. The van der Waals surface area contributed by atoms with E-state index in [2.05, 4.69) is 69.1 Å². The average molecular weight is 274 g/mol. The zero-order chi connectivity index (χ0) is 14.8. The molecule has 1 aromatic rings. The maximum absolute atomic E-state index is 3.59. The summed E-state index contributed by atoms with van der Waals surface area (Å²) in [4.78, 5) is 2.62. The third-order valence-electron chi connectivity index (χ3n) is 4.92. The first-order valence-corrected chi connectivity index (χ1v) is 8.03. The highest BCUT2D eigenvalue weighted by atomic mass is 15.2. The van der Waals surface area contributed by atoms with E-state index in [1.165, 1.54) is 24.1 Å². The second-order valence-electron chi connectivity index (χ2n) is 6.91. The maximum atomic E-state index is 3.59. The van der Waals surface area contributed by atoms with Gasteiger partial charge in [0.2, 0.25) is 0 Å². The van der Waals surface area contributed by atoms with Crippen LogP contribution < -0.4 is 10.2 Å². The van der Waals surface area contributed by atoms with Crippen LogP contribution in [-0.4, -0.2) is 25.2 Å². The second kappa shape index (κ2) is 6.17. The summed E-state index contributed by atoms with van der Waals surface area (Å²) in [7, 11) is 0. The van der Waals surface area contributed by atoms with Gasteiger partial charge in [0, 0.05) is 24.3 Å². The molecule has 1 aliphatic heterocycles. The molecule has 2 unspecified atom stereocenters. The molecular formula is C18H30N2. The van der Waals surface area contributed by atoms with E-state index < -0.39 is 0 Å². The molecule has 0 saturated carbocycles. The molecule has 2 heteroatoms. The fourth-order valence-electron chi connectivity index (χ4n) is 3.16. The first kappa shape index (κ1) is 15.4. The van der Waals surface area contributed by atoms with E-state index in [-0.39, 0.29) is 5.41 Å². The van der Waals surface area contributed by atoms with Gasteiger partial charge in [-0.2, -0.15) is 0 Å². The van der Waals surface area contributed by atoms with Crippen LogP contribution in [0, 0.1) is 5.41 Å². The Balaban J connectivity index is 2.20. The monoisotopic (exact) mass is 274 g/mol. The number of para-hydroxylation sites is 1. The number of nitrogens with one attached hydrogen (secondary N) is 1. The highest BCUT2D eigenvalue weighted by molar-refractivity contribution is 5.56. The molecule has 0 saturated heterocycles. The van der Waals surface area contributed by atoms with Crippen LogP contribution in [0.1, 0.15) is 46.6 Å². The lowest BCUT2D eigenvalue weighted by molar-refractivity contribution is 0.255. The number of aryl methyl sites for hydroxylation is 1. The SMILES string of the molecule is CCNC(C)C(C)(C)CN1c2ccccc2CCC1C. The van der Waals surface area contributed by atoms with Gasteiger partial charge in [-0.25, -0.2) is 0 Å². The molecule has 0 fully saturated rings. The largest absolute Gasteiger partial charge is 0.368 e. The first-order valence-electron chi connectivity index (χ1n) is 8.03. The van der Waals surface area contributed by atoms with Gasteiger partial charge >= 0.3 is 0 Å². The van der Waals surface area contributed by atoms with Crippen LogP contribution >= 0.6 is 0 Å². The molecule has 112 valence electrons. The number of nitrogens with zero attached hydrogens (tertiary/aromatic N) is 1. The smallest absolute Gasteiger partial charge is 0.0401 e. The normalized spacial score (nSPS) is 20.6. The Morgan fingerprint density at radius 3 is 2.75 bits per heavy atom. The number of rotatable bonds is 5. The van der Waals surface area contributed by atoms with Crippen molar-refractivity contribution in [1.29, 1.82) is 0 Å². The van der Waals surface area contributed by atoms with Crippen molar-refractivity contribution in [1.82, 2.24) is 5.32 Å². The minimum Gasteiger partial charge on any atom is -0.368 e. The Labute approximate surface area is 124 Å². The molecule has 1 heterocycles. The lowest BCUT2D eigenvalue weighted by Crippen LogP contribution is -2.50. The van der Waals surface area contributed by atoms with Gasteiger partial charge in [-0.05, 0) is 50.3 Å². The third-order valence-corrected chi connectivity index (χ3v) is 4.92. The summed E-state index contributed by atoms with van der Waals surface area (Å²) in [5.74, 6) is 0. The van der Waals surface area contributed by atoms with Gasteiger partial charge in [-0.1, -0.05) is 39.0 Å². The van der Waals surface area contributed by atoms with Gasteiger partial charge in [0.15, 0.2) is 0 Å². The highest BCUT2D eigenvalue weighted by Gasteiger charge is 2.32. The van der Waals surface area contributed by atoms with E-state index in [1.807, 2.05) is 0 Å². The van der Waals surface area contributed by atoms with E-state index in [4.69, 9.17) is 0 Å². The molecule has 0 aromatic heterocycles. The molecular weight excluding hydrogens is 244 g/mol. The van der Waals surface area contributed by atoms with Crippen molar-refractivity contribution in [3.8, 4) is 0 Å². The van der Waals surface area contributed by atoms with E-state index >= 15 is 0 Å². The van der Waals surface area contributed by atoms with E-state index in [0.717, 1.165) is 13.1 Å². The fourth-order valence-corrected chi connectivity index (χ4v) is 3.16. The number of anilines is 1. The molecule has 0 radical (unpaired) electrons. The molecule has 2 rings (SSSR count). The van der Waals surface area contributed by atoms with Crippen molar-refractivity contribution in [3.63, 3.8) is 0 Å². The van der Waals surface area contributed by atoms with Crippen molar-refractivity contribution in [2.75, 3.05) is 18.0 Å². The Morgan fingerprint density at radius 1 is 1.35 bits per heavy atom. The van der Waals surface area contributed by atoms with Gasteiger partial charge in [-0.3, -0.25) is 0 Å². The summed E-state index contributed by atoms with van der Waals surface area (Å²) in [6, 6.07) is 10.1. The Kier molecular flexibility index (Phi) is 4.74. The molecule has 0 bridgehead atoms. The van der Waals surface area contributed by atoms with Crippen molar-refractivity contribution in [3.05, 3.63) is 29.8 Å². The minimum atomic E-state index is 0.259. The molecule has 0 aliphatic carbocycles.